The number of likely N-dealkylation sites (N-methyl/N-ethyl adjacent to an activating group) is 1. The number of phosphoric ester groups is 1. The fraction of sp³-hybridized carbons (Fsp3) is 0.775. The van der Waals surface area contributed by atoms with Crippen molar-refractivity contribution in [1.29, 1.82) is 0 Å². The lowest BCUT2D eigenvalue weighted by Crippen LogP contribution is -2.37. The molecule has 0 radical (unpaired) electrons. The molecule has 49 heavy (non-hydrogen) atoms. The second-order valence-electron chi connectivity index (χ2n) is 13.9. The van der Waals surface area contributed by atoms with Crippen LogP contribution in [0.25, 0.3) is 0 Å². The van der Waals surface area contributed by atoms with Crippen LogP contribution in [0.5, 0.6) is 0 Å². The Bertz CT molecular complexity index is 926. The molecule has 0 bridgehead atoms. The van der Waals surface area contributed by atoms with Crippen LogP contribution in [0.2, 0.25) is 0 Å². The first-order valence-electron chi connectivity index (χ1n) is 19.4. The molecule has 0 amide bonds. The number of unbranched alkanes of at least 4 members (excludes halogenated alkanes) is 13. The molecule has 0 aliphatic rings. The van der Waals surface area contributed by atoms with Crippen molar-refractivity contribution >= 4 is 13.8 Å². The Balaban J connectivity index is 4.40. The van der Waals surface area contributed by atoms with Crippen LogP contribution in [0.4, 0.5) is 0 Å². The van der Waals surface area contributed by atoms with Crippen LogP contribution in [0.15, 0.2) is 48.6 Å². The molecule has 0 saturated heterocycles. The molecule has 0 aromatic rings. The first-order valence-corrected chi connectivity index (χ1v) is 20.9. The van der Waals surface area contributed by atoms with Gasteiger partial charge in [-0.1, -0.05) is 146 Å². The van der Waals surface area contributed by atoms with E-state index in [4.69, 9.17) is 18.5 Å². The lowest BCUT2D eigenvalue weighted by Gasteiger charge is -2.24. The van der Waals surface area contributed by atoms with Gasteiger partial charge in [0.25, 0.3) is 0 Å². The molecule has 2 unspecified atom stereocenters. The van der Waals surface area contributed by atoms with Gasteiger partial charge in [0.05, 0.1) is 34.4 Å². The van der Waals surface area contributed by atoms with Gasteiger partial charge in [0.15, 0.2) is 0 Å². The Morgan fingerprint density at radius 2 is 1.14 bits per heavy atom. The molecule has 0 saturated carbocycles. The van der Waals surface area contributed by atoms with E-state index >= 15 is 0 Å². The van der Waals surface area contributed by atoms with Crippen LogP contribution in [0, 0.1) is 0 Å². The fourth-order valence-electron chi connectivity index (χ4n) is 4.92. The van der Waals surface area contributed by atoms with Gasteiger partial charge in [-0.3, -0.25) is 13.8 Å². The smallest absolute Gasteiger partial charge is 0.457 e. The highest BCUT2D eigenvalue weighted by atomic mass is 31.2. The van der Waals surface area contributed by atoms with E-state index in [1.807, 2.05) is 33.3 Å². The Hall–Kier alpha value is -1.54. The molecule has 0 rings (SSSR count). The number of carbonyl (C=O) groups excluding carboxylic acids is 1. The highest BCUT2D eigenvalue weighted by Crippen LogP contribution is 2.43. The summed E-state index contributed by atoms with van der Waals surface area (Å²) in [5.41, 5.74) is 0. The largest absolute Gasteiger partial charge is 0.472 e. The summed E-state index contributed by atoms with van der Waals surface area (Å²) in [7, 11) is 1.62. The summed E-state index contributed by atoms with van der Waals surface area (Å²) < 4.78 is 34.7. The van der Waals surface area contributed by atoms with E-state index in [1.165, 1.54) is 77.0 Å². The molecule has 9 heteroatoms. The summed E-state index contributed by atoms with van der Waals surface area (Å²) in [5, 5.41) is 0. The van der Waals surface area contributed by atoms with Gasteiger partial charge >= 0.3 is 13.8 Å². The number of allylic oxidation sites excluding steroid dienone is 8. The lowest BCUT2D eigenvalue weighted by atomic mass is 10.0. The molecule has 2 atom stereocenters. The van der Waals surface area contributed by atoms with Crippen molar-refractivity contribution in [3.05, 3.63) is 48.6 Å². The number of hydrogen-bond acceptors (Lipinski definition) is 6. The summed E-state index contributed by atoms with van der Waals surface area (Å²) in [5.74, 6) is -0.394. The molecule has 0 aromatic carbocycles. The number of nitrogens with zero attached hydrogens (tertiary/aromatic N) is 1. The number of ether oxygens (including phenoxy) is 2. The maximum Gasteiger partial charge on any atom is 0.472 e. The van der Waals surface area contributed by atoms with E-state index in [2.05, 4.69) is 50.3 Å². The van der Waals surface area contributed by atoms with Crippen molar-refractivity contribution in [2.45, 2.75) is 148 Å². The third-order valence-corrected chi connectivity index (χ3v) is 8.90. The van der Waals surface area contributed by atoms with Gasteiger partial charge in [-0.25, -0.2) is 4.57 Å². The SMILES string of the molecule is CC/C=C\C/C=C\C/C=C\C/C=C\CCC(=O)OC(COCCCCCCCCCCCCCCCC)COP(=O)(O)OCC[N+](C)(C)C. The molecule has 1 N–H and O–H groups in total. The van der Waals surface area contributed by atoms with Crippen LogP contribution in [-0.4, -0.2) is 75.6 Å². The standard InChI is InChI=1S/C40H74NO7P/c1-6-8-10-12-14-16-18-20-22-24-26-28-30-32-35-45-37-39(38-47-49(43,44)46-36-34-41(3,4)5)48-40(42)33-31-29-27-25-23-21-19-17-15-13-11-9-7-2/h9,11,15,17,21,23,27,29,39H,6-8,10,12-14,16,18-20,22,24-26,28,30-38H2,1-5H3/p+1/b11-9-,17-15-,23-21-,29-27-. The van der Waals surface area contributed by atoms with Crippen molar-refractivity contribution in [2.24, 2.45) is 0 Å². The van der Waals surface area contributed by atoms with Gasteiger partial charge in [0.2, 0.25) is 0 Å². The Kier molecular flexibility index (Phi) is 32.5. The summed E-state index contributed by atoms with van der Waals surface area (Å²) >= 11 is 0. The number of carbonyl (C=O) groups is 1. The molecule has 0 spiro atoms. The van der Waals surface area contributed by atoms with Crippen LogP contribution >= 0.6 is 7.82 Å². The zero-order valence-corrected chi connectivity index (χ0v) is 33.1. The predicted molar refractivity (Wildman–Crippen MR) is 206 cm³/mol. The number of esters is 1. The predicted octanol–water partition coefficient (Wildman–Crippen LogP) is 10.8. The quantitative estimate of drug-likeness (QED) is 0.0230. The van der Waals surface area contributed by atoms with Crippen molar-refractivity contribution in [2.75, 3.05) is 54.1 Å². The molecular formula is C40H75NO7P+. The van der Waals surface area contributed by atoms with E-state index in [9.17, 15) is 14.3 Å². The summed E-state index contributed by atoms with van der Waals surface area (Å²) in [4.78, 5) is 22.7. The average Bonchev–Trinajstić information content (AvgIpc) is 3.04. The van der Waals surface area contributed by atoms with Crippen molar-refractivity contribution < 1.29 is 37.3 Å². The van der Waals surface area contributed by atoms with Gasteiger partial charge in [0.1, 0.15) is 19.3 Å². The molecule has 0 aromatic heterocycles. The molecule has 286 valence electrons. The lowest BCUT2D eigenvalue weighted by molar-refractivity contribution is -0.870. The maximum absolute atomic E-state index is 12.6. The maximum atomic E-state index is 12.6. The normalized spacial score (nSPS) is 14.5. The molecular weight excluding hydrogens is 637 g/mol. The number of phosphoric acid groups is 1. The van der Waals surface area contributed by atoms with Crippen LogP contribution in [-0.2, 0) is 27.9 Å². The minimum absolute atomic E-state index is 0.0756. The number of rotatable bonds is 35. The van der Waals surface area contributed by atoms with Crippen LogP contribution in [0.3, 0.4) is 0 Å². The molecule has 0 aliphatic heterocycles. The second-order valence-corrected chi connectivity index (χ2v) is 15.4. The molecule has 8 nitrogen and oxygen atoms in total. The van der Waals surface area contributed by atoms with Gasteiger partial charge in [-0.15, -0.1) is 0 Å². The molecule has 0 heterocycles. The Morgan fingerprint density at radius 1 is 0.653 bits per heavy atom. The highest BCUT2D eigenvalue weighted by Gasteiger charge is 2.26. The first kappa shape index (κ1) is 47.5. The van der Waals surface area contributed by atoms with E-state index in [0.717, 1.165) is 38.5 Å². The van der Waals surface area contributed by atoms with Crippen LogP contribution < -0.4 is 0 Å². The van der Waals surface area contributed by atoms with Gasteiger partial charge in [-0.2, -0.15) is 0 Å². The monoisotopic (exact) mass is 713 g/mol. The third kappa shape index (κ3) is 37.5. The van der Waals surface area contributed by atoms with Gasteiger partial charge < -0.3 is 18.9 Å². The zero-order valence-electron chi connectivity index (χ0n) is 32.2. The van der Waals surface area contributed by atoms with Crippen molar-refractivity contribution in [1.82, 2.24) is 0 Å². The number of hydrogen-bond donors (Lipinski definition) is 1. The third-order valence-electron chi connectivity index (χ3n) is 7.92. The van der Waals surface area contributed by atoms with Gasteiger partial charge in [-0.05, 0) is 38.5 Å². The Labute approximate surface area is 301 Å². The fourth-order valence-corrected chi connectivity index (χ4v) is 5.66. The zero-order chi connectivity index (χ0) is 36.3. The topological polar surface area (TPSA) is 91.3 Å². The van der Waals surface area contributed by atoms with E-state index < -0.39 is 19.9 Å². The van der Waals surface area contributed by atoms with E-state index in [0.29, 0.717) is 24.1 Å². The van der Waals surface area contributed by atoms with Gasteiger partial charge in [0, 0.05) is 13.0 Å². The average molecular weight is 713 g/mol. The van der Waals surface area contributed by atoms with E-state index in [1.54, 1.807) is 0 Å². The summed E-state index contributed by atoms with van der Waals surface area (Å²) in [6, 6.07) is 0. The first-order chi connectivity index (χ1) is 23.6. The Morgan fingerprint density at radius 3 is 1.65 bits per heavy atom. The van der Waals surface area contributed by atoms with Crippen molar-refractivity contribution in [3.8, 4) is 0 Å². The summed E-state index contributed by atoms with van der Waals surface area (Å²) in [6.07, 6.45) is 38.7. The minimum Gasteiger partial charge on any atom is -0.457 e. The molecule has 0 aliphatic carbocycles. The number of quaternary nitrogens is 1. The summed E-state index contributed by atoms with van der Waals surface area (Å²) in [6.45, 7) is 5.40. The highest BCUT2D eigenvalue weighted by molar-refractivity contribution is 7.47. The minimum atomic E-state index is -4.28. The molecule has 0 fully saturated rings. The van der Waals surface area contributed by atoms with Crippen molar-refractivity contribution in [3.63, 3.8) is 0 Å². The van der Waals surface area contributed by atoms with E-state index in [-0.39, 0.29) is 26.2 Å². The second kappa shape index (κ2) is 33.6. The van der Waals surface area contributed by atoms with Crippen LogP contribution in [0.1, 0.15) is 142 Å².